The van der Waals surface area contributed by atoms with Gasteiger partial charge in [-0.1, -0.05) is 12.2 Å². The number of ether oxygens (including phenoxy) is 2. The summed E-state index contributed by atoms with van der Waals surface area (Å²) >= 11 is 4.64. The zero-order valence-electron chi connectivity index (χ0n) is 9.01. The lowest BCUT2D eigenvalue weighted by Crippen LogP contribution is -2.45. The average molecular weight is 268 g/mol. The topological polar surface area (TPSA) is 90.7 Å². The summed E-state index contributed by atoms with van der Waals surface area (Å²) in [7, 11) is -3.51. The molecule has 1 saturated heterocycles. The smallest absolute Gasteiger partial charge is 0.220 e. The first kappa shape index (κ1) is 13.8. The summed E-state index contributed by atoms with van der Waals surface area (Å²) in [5.41, 5.74) is 5.29. The highest BCUT2D eigenvalue weighted by Gasteiger charge is 2.25. The van der Waals surface area contributed by atoms with Crippen molar-refractivity contribution in [2.75, 3.05) is 26.4 Å². The maximum absolute atomic E-state index is 11.6. The van der Waals surface area contributed by atoms with Crippen molar-refractivity contribution < 1.29 is 17.9 Å². The second kappa shape index (κ2) is 5.87. The molecule has 6 nitrogen and oxygen atoms in total. The fourth-order valence-corrected chi connectivity index (χ4v) is 2.50. The Morgan fingerprint density at radius 3 is 2.81 bits per heavy atom. The van der Waals surface area contributed by atoms with Gasteiger partial charge in [-0.2, -0.15) is 0 Å². The summed E-state index contributed by atoms with van der Waals surface area (Å²) in [4.78, 5) is -0.0479. The predicted octanol–water partition coefficient (Wildman–Crippen LogP) is -1.00. The highest BCUT2D eigenvalue weighted by Crippen LogP contribution is 2.02. The van der Waals surface area contributed by atoms with E-state index in [0.29, 0.717) is 19.8 Å². The Bertz CT molecular complexity index is 338. The van der Waals surface area contributed by atoms with Crippen molar-refractivity contribution in [3.05, 3.63) is 0 Å². The van der Waals surface area contributed by atoms with Crippen LogP contribution in [0.1, 0.15) is 6.92 Å². The molecule has 0 radical (unpaired) electrons. The van der Waals surface area contributed by atoms with E-state index in [1.807, 2.05) is 0 Å². The molecule has 1 heterocycles. The van der Waals surface area contributed by atoms with Crippen LogP contribution < -0.4 is 10.5 Å². The first-order valence-electron chi connectivity index (χ1n) is 4.90. The van der Waals surface area contributed by atoms with Crippen LogP contribution in [0.15, 0.2) is 0 Å². The molecule has 94 valence electrons. The molecule has 1 rings (SSSR count). The van der Waals surface area contributed by atoms with Crippen molar-refractivity contribution in [2.45, 2.75) is 18.3 Å². The van der Waals surface area contributed by atoms with Crippen molar-refractivity contribution in [3.63, 3.8) is 0 Å². The molecular weight excluding hydrogens is 252 g/mol. The van der Waals surface area contributed by atoms with Gasteiger partial charge in [-0.15, -0.1) is 0 Å². The molecule has 0 aromatic carbocycles. The van der Waals surface area contributed by atoms with E-state index in [1.165, 1.54) is 6.92 Å². The van der Waals surface area contributed by atoms with E-state index in [1.54, 1.807) is 0 Å². The average Bonchev–Trinajstić information content (AvgIpc) is 2.27. The van der Waals surface area contributed by atoms with Gasteiger partial charge in [0.15, 0.2) is 0 Å². The summed E-state index contributed by atoms with van der Waals surface area (Å²) in [6, 6.07) is 0. The Kier molecular flexibility index (Phi) is 5.06. The van der Waals surface area contributed by atoms with E-state index in [2.05, 4.69) is 16.9 Å². The second-order valence-corrected chi connectivity index (χ2v) is 6.06. The fraction of sp³-hybridized carbons (Fsp3) is 0.875. The minimum absolute atomic E-state index is 0.0479. The lowest BCUT2D eigenvalue weighted by molar-refractivity contribution is -0.0847. The number of rotatable bonds is 5. The molecule has 2 unspecified atom stereocenters. The largest absolute Gasteiger partial charge is 0.392 e. The molecule has 3 N–H and O–H groups in total. The SMILES string of the molecule is CC(C(N)=S)S(=O)(=O)NCC1COCCO1. The van der Waals surface area contributed by atoms with Crippen molar-refractivity contribution in [1.82, 2.24) is 4.72 Å². The Morgan fingerprint density at radius 1 is 1.62 bits per heavy atom. The number of nitrogens with two attached hydrogens (primary N) is 1. The third-order valence-electron chi connectivity index (χ3n) is 2.26. The number of hydrogen-bond donors (Lipinski definition) is 2. The molecule has 16 heavy (non-hydrogen) atoms. The highest BCUT2D eigenvalue weighted by molar-refractivity contribution is 7.93. The molecule has 8 heteroatoms. The van der Waals surface area contributed by atoms with Crippen LogP contribution >= 0.6 is 12.2 Å². The van der Waals surface area contributed by atoms with E-state index in [9.17, 15) is 8.42 Å². The highest BCUT2D eigenvalue weighted by atomic mass is 32.2. The molecule has 0 saturated carbocycles. The Balaban J connectivity index is 2.44. The standard InChI is InChI=1S/C8H16N2O4S2/c1-6(8(9)15)16(11,12)10-4-7-5-13-2-3-14-7/h6-7,10H,2-5H2,1H3,(H2,9,15). The van der Waals surface area contributed by atoms with Gasteiger partial charge in [0.25, 0.3) is 0 Å². The first-order valence-corrected chi connectivity index (χ1v) is 6.86. The van der Waals surface area contributed by atoms with Gasteiger partial charge in [0.05, 0.1) is 30.9 Å². The second-order valence-electron chi connectivity index (χ2n) is 3.51. The van der Waals surface area contributed by atoms with Crippen LogP contribution in [0.25, 0.3) is 0 Å². The molecule has 0 bridgehead atoms. The molecule has 2 atom stereocenters. The lowest BCUT2D eigenvalue weighted by Gasteiger charge is -2.23. The third kappa shape index (κ3) is 3.95. The Morgan fingerprint density at radius 2 is 2.31 bits per heavy atom. The molecule has 1 aliphatic rings. The maximum Gasteiger partial charge on any atom is 0.220 e. The normalized spacial score (nSPS) is 23.9. The number of hydrogen-bond acceptors (Lipinski definition) is 5. The summed E-state index contributed by atoms with van der Waals surface area (Å²) in [6.45, 7) is 3.05. The minimum atomic E-state index is -3.51. The van der Waals surface area contributed by atoms with Crippen molar-refractivity contribution >= 4 is 27.2 Å². The number of nitrogens with one attached hydrogen (secondary N) is 1. The van der Waals surface area contributed by atoms with Crippen LogP contribution in [0.5, 0.6) is 0 Å². The molecule has 0 aromatic rings. The van der Waals surface area contributed by atoms with E-state index in [4.69, 9.17) is 15.2 Å². The summed E-state index contributed by atoms with van der Waals surface area (Å²) in [5, 5.41) is -0.882. The maximum atomic E-state index is 11.6. The molecule has 1 fully saturated rings. The monoisotopic (exact) mass is 268 g/mol. The van der Waals surface area contributed by atoms with E-state index < -0.39 is 15.3 Å². The molecular formula is C8H16N2O4S2. The van der Waals surface area contributed by atoms with Crippen molar-refractivity contribution in [3.8, 4) is 0 Å². The van der Waals surface area contributed by atoms with Gasteiger partial charge in [0, 0.05) is 6.54 Å². The summed E-state index contributed by atoms with van der Waals surface area (Å²) in [5.74, 6) is 0. The zero-order valence-corrected chi connectivity index (χ0v) is 10.6. The van der Waals surface area contributed by atoms with Crippen molar-refractivity contribution in [2.24, 2.45) is 5.73 Å². The molecule has 1 aliphatic heterocycles. The quantitative estimate of drug-likeness (QED) is 0.621. The Labute approximate surface area is 101 Å². The van der Waals surface area contributed by atoms with Gasteiger partial charge in [0.2, 0.25) is 10.0 Å². The van der Waals surface area contributed by atoms with Crippen LogP contribution in [0.4, 0.5) is 0 Å². The Hall–Kier alpha value is -0.280. The summed E-state index contributed by atoms with van der Waals surface area (Å²) < 4.78 is 36.1. The van der Waals surface area contributed by atoms with E-state index in [0.717, 1.165) is 0 Å². The third-order valence-corrected chi connectivity index (χ3v) is 4.52. The van der Waals surface area contributed by atoms with Gasteiger partial charge in [-0.25, -0.2) is 13.1 Å². The molecule has 0 amide bonds. The van der Waals surface area contributed by atoms with Crippen LogP contribution in [-0.2, 0) is 19.5 Å². The molecule has 0 aliphatic carbocycles. The van der Waals surface area contributed by atoms with Crippen LogP contribution in [0.3, 0.4) is 0 Å². The van der Waals surface area contributed by atoms with Gasteiger partial charge < -0.3 is 15.2 Å². The number of thiocarbonyl (C=S) groups is 1. The van der Waals surface area contributed by atoms with Gasteiger partial charge in [-0.05, 0) is 6.92 Å². The molecule has 0 aromatic heterocycles. The van der Waals surface area contributed by atoms with Gasteiger partial charge >= 0.3 is 0 Å². The first-order chi connectivity index (χ1) is 7.43. The minimum Gasteiger partial charge on any atom is -0.392 e. The molecule has 0 spiro atoms. The predicted molar refractivity (Wildman–Crippen MR) is 63.7 cm³/mol. The van der Waals surface area contributed by atoms with E-state index in [-0.39, 0.29) is 17.6 Å². The van der Waals surface area contributed by atoms with Gasteiger partial charge in [-0.3, -0.25) is 0 Å². The van der Waals surface area contributed by atoms with Crippen LogP contribution in [0.2, 0.25) is 0 Å². The lowest BCUT2D eigenvalue weighted by atomic mass is 10.3. The van der Waals surface area contributed by atoms with Crippen LogP contribution in [-0.4, -0.2) is 51.1 Å². The number of sulfonamides is 1. The van der Waals surface area contributed by atoms with Gasteiger partial charge in [0.1, 0.15) is 5.25 Å². The zero-order chi connectivity index (χ0) is 12.2. The van der Waals surface area contributed by atoms with Crippen molar-refractivity contribution in [1.29, 1.82) is 0 Å². The van der Waals surface area contributed by atoms with Crippen LogP contribution in [0, 0.1) is 0 Å². The fourth-order valence-electron chi connectivity index (χ4n) is 1.14. The van der Waals surface area contributed by atoms with E-state index >= 15 is 0 Å². The summed E-state index contributed by atoms with van der Waals surface area (Å²) in [6.07, 6.45) is -0.248.